The van der Waals surface area contributed by atoms with Crippen LogP contribution in [-0.2, 0) is 20.7 Å². The minimum absolute atomic E-state index is 0.0690. The summed E-state index contributed by atoms with van der Waals surface area (Å²) in [5.74, 6) is 2.66. The van der Waals surface area contributed by atoms with Gasteiger partial charge in [-0.15, -0.1) is 0 Å². The normalized spacial score (nSPS) is 23.7. The number of thioether (sulfide) groups is 1. The molecule has 4 aromatic carbocycles. The lowest BCUT2D eigenvalue weighted by molar-refractivity contribution is -0.134. The molecule has 0 aliphatic carbocycles. The Bertz CT molecular complexity index is 2120. The molecule has 4 aliphatic rings. The standard InChI is InChI=1S/C23H25BrN2O2S.C20H20BrN3O2/c1-3-12-26-21(27)23(25-22(26)29-13-4-2)15-20(16-8-6-5-7-9-16)28-19-11-10-17(24)14-18(19)23;1-2-10-24-18(25)20(23-19(24)22)12-17(13-6-4-3-5-7-13)26-16-9-8-14(21)11-15(16)20/h5-11,14,20H,3-4,12-13,15H2,1-2H3;3-9,11,17H,2,10,12H2,1H3,(H2,22,23)/t20-,23+;17-,20+/m11/s1. The van der Waals surface area contributed by atoms with E-state index in [1.807, 2.05) is 96.8 Å². The van der Waals surface area contributed by atoms with Crippen molar-refractivity contribution < 1.29 is 19.1 Å². The number of guanidine groups is 1. The zero-order valence-corrected chi connectivity index (χ0v) is 35.2. The van der Waals surface area contributed by atoms with Crippen molar-refractivity contribution in [1.29, 1.82) is 0 Å². The number of rotatable bonds is 8. The first kappa shape index (κ1) is 39.1. The van der Waals surface area contributed by atoms with Crippen LogP contribution in [0.5, 0.6) is 11.5 Å². The largest absolute Gasteiger partial charge is 0.485 e. The van der Waals surface area contributed by atoms with Crippen molar-refractivity contribution in [2.45, 2.75) is 76.2 Å². The number of carbonyl (C=O) groups excluding carboxylic acids is 2. The molecule has 0 unspecified atom stereocenters. The highest BCUT2D eigenvalue weighted by Crippen LogP contribution is 2.52. The molecule has 4 heterocycles. The van der Waals surface area contributed by atoms with Crippen molar-refractivity contribution >= 4 is 66.6 Å². The first-order valence-corrected chi connectivity index (χ1v) is 21.5. The third kappa shape index (κ3) is 7.45. The van der Waals surface area contributed by atoms with Gasteiger partial charge >= 0.3 is 0 Å². The molecule has 8 rings (SSSR count). The molecule has 286 valence electrons. The SMILES string of the molecule is CCCN1C(=O)[C@@]2(C[C@H](c3ccccc3)Oc3ccc(Br)cc32)N=C1N.CCCSC1=N[C@]2(C[C@H](c3ccccc3)Oc3ccc(Br)cc32)C(=O)N1CCC. The zero-order valence-electron chi connectivity index (χ0n) is 31.2. The Morgan fingerprint density at radius 2 is 1.16 bits per heavy atom. The number of nitrogens with two attached hydrogens (primary N) is 1. The molecule has 9 nitrogen and oxygen atoms in total. The van der Waals surface area contributed by atoms with Crippen LogP contribution in [0.2, 0.25) is 0 Å². The highest BCUT2D eigenvalue weighted by Gasteiger charge is 2.56. The number of carbonyl (C=O) groups is 2. The number of hydrogen-bond acceptors (Lipinski definition) is 8. The Labute approximate surface area is 344 Å². The summed E-state index contributed by atoms with van der Waals surface area (Å²) in [4.78, 5) is 40.5. The summed E-state index contributed by atoms with van der Waals surface area (Å²) in [6.07, 6.45) is 3.24. The molecule has 2 spiro atoms. The van der Waals surface area contributed by atoms with Crippen LogP contribution < -0.4 is 15.2 Å². The number of benzene rings is 4. The number of aliphatic imine (C=N–C) groups is 2. The summed E-state index contributed by atoms with van der Waals surface area (Å²) in [7, 11) is 0. The van der Waals surface area contributed by atoms with Gasteiger partial charge in [-0.05, 0) is 66.8 Å². The van der Waals surface area contributed by atoms with Crippen molar-refractivity contribution in [3.63, 3.8) is 0 Å². The summed E-state index contributed by atoms with van der Waals surface area (Å²) in [5.41, 5.74) is 7.91. The van der Waals surface area contributed by atoms with Gasteiger partial charge in [0.25, 0.3) is 11.8 Å². The van der Waals surface area contributed by atoms with Gasteiger partial charge in [0.1, 0.15) is 23.7 Å². The maximum Gasteiger partial charge on any atom is 0.262 e. The van der Waals surface area contributed by atoms with Gasteiger partial charge in [-0.25, -0.2) is 9.98 Å². The van der Waals surface area contributed by atoms with E-state index in [0.29, 0.717) is 31.7 Å². The second-order valence-electron chi connectivity index (χ2n) is 14.1. The number of amides is 2. The van der Waals surface area contributed by atoms with Gasteiger partial charge in [0, 0.05) is 51.8 Å². The van der Waals surface area contributed by atoms with E-state index in [9.17, 15) is 9.59 Å². The van der Waals surface area contributed by atoms with Crippen LogP contribution in [0.25, 0.3) is 0 Å². The minimum atomic E-state index is -1.03. The molecule has 0 saturated heterocycles. The van der Waals surface area contributed by atoms with Crippen LogP contribution in [0.15, 0.2) is 116 Å². The predicted octanol–water partition coefficient (Wildman–Crippen LogP) is 9.65. The van der Waals surface area contributed by atoms with Gasteiger partial charge in [0.15, 0.2) is 22.2 Å². The maximum absolute atomic E-state index is 13.8. The summed E-state index contributed by atoms with van der Waals surface area (Å²) in [6, 6.07) is 31.7. The van der Waals surface area contributed by atoms with Gasteiger partial charge in [0.05, 0.1) is 0 Å². The number of nitrogens with zero attached hydrogens (tertiary/aromatic N) is 4. The highest BCUT2D eigenvalue weighted by atomic mass is 79.9. The van der Waals surface area contributed by atoms with E-state index in [0.717, 1.165) is 67.1 Å². The summed E-state index contributed by atoms with van der Waals surface area (Å²) in [6.45, 7) is 7.53. The maximum atomic E-state index is 13.8. The lowest BCUT2D eigenvalue weighted by Crippen LogP contribution is -2.45. The van der Waals surface area contributed by atoms with Crippen LogP contribution >= 0.6 is 43.6 Å². The predicted molar refractivity (Wildman–Crippen MR) is 226 cm³/mol. The van der Waals surface area contributed by atoms with Crippen LogP contribution in [-0.4, -0.2) is 51.6 Å². The van der Waals surface area contributed by atoms with E-state index < -0.39 is 11.1 Å². The molecule has 4 atom stereocenters. The fraction of sp³-hybridized carbons (Fsp3) is 0.349. The Kier molecular flexibility index (Phi) is 11.8. The summed E-state index contributed by atoms with van der Waals surface area (Å²) < 4.78 is 14.4. The van der Waals surface area contributed by atoms with Crippen molar-refractivity contribution in [3.05, 3.63) is 128 Å². The molecule has 55 heavy (non-hydrogen) atoms. The average Bonchev–Trinajstić information content (AvgIpc) is 3.59. The number of fused-ring (bicyclic) bond motifs is 4. The molecule has 12 heteroatoms. The molecule has 0 bridgehead atoms. The van der Waals surface area contributed by atoms with Crippen molar-refractivity contribution in [1.82, 2.24) is 9.80 Å². The van der Waals surface area contributed by atoms with Crippen LogP contribution in [0, 0.1) is 0 Å². The van der Waals surface area contributed by atoms with Crippen molar-refractivity contribution in [3.8, 4) is 11.5 Å². The van der Waals surface area contributed by atoms with Crippen LogP contribution in [0.1, 0.15) is 87.3 Å². The molecule has 4 aromatic rings. The van der Waals surface area contributed by atoms with Gasteiger partial charge in [-0.3, -0.25) is 19.4 Å². The summed E-state index contributed by atoms with van der Waals surface area (Å²) in [5, 5.41) is 0.846. The lowest BCUT2D eigenvalue weighted by Gasteiger charge is -2.37. The second kappa shape index (κ2) is 16.5. The van der Waals surface area contributed by atoms with Gasteiger partial charge in [-0.2, -0.15) is 0 Å². The Balaban J connectivity index is 0.000000170. The first-order chi connectivity index (χ1) is 26.6. The zero-order chi connectivity index (χ0) is 38.7. The van der Waals surface area contributed by atoms with Crippen molar-refractivity contribution in [2.24, 2.45) is 15.7 Å². The van der Waals surface area contributed by atoms with E-state index >= 15 is 0 Å². The minimum Gasteiger partial charge on any atom is -0.485 e. The topological polar surface area (TPSA) is 110 Å². The Morgan fingerprint density at radius 1 is 0.691 bits per heavy atom. The molecule has 2 amide bonds. The highest BCUT2D eigenvalue weighted by molar-refractivity contribution is 9.10. The quantitative estimate of drug-likeness (QED) is 0.189. The van der Waals surface area contributed by atoms with Crippen LogP contribution in [0.4, 0.5) is 0 Å². The number of halogens is 2. The second-order valence-corrected chi connectivity index (χ2v) is 17.0. The summed E-state index contributed by atoms with van der Waals surface area (Å²) >= 11 is 8.75. The first-order valence-electron chi connectivity index (χ1n) is 18.9. The molecular formula is C43H45Br2N5O4S. The van der Waals surface area contributed by atoms with Gasteiger partial charge in [0.2, 0.25) is 0 Å². The number of ether oxygens (including phenoxy) is 2. The smallest absolute Gasteiger partial charge is 0.262 e. The molecule has 0 radical (unpaired) electrons. The molecule has 0 saturated carbocycles. The van der Waals surface area contributed by atoms with E-state index in [1.165, 1.54) is 0 Å². The molecule has 2 N–H and O–H groups in total. The Morgan fingerprint density at radius 3 is 1.65 bits per heavy atom. The fourth-order valence-electron chi connectivity index (χ4n) is 7.70. The van der Waals surface area contributed by atoms with Crippen LogP contribution in [0.3, 0.4) is 0 Å². The molecule has 0 aromatic heterocycles. The van der Waals surface area contributed by atoms with E-state index in [2.05, 4.69) is 62.8 Å². The number of hydrogen-bond donors (Lipinski definition) is 1. The molecule has 0 fully saturated rings. The van der Waals surface area contributed by atoms with Crippen molar-refractivity contribution in [2.75, 3.05) is 18.8 Å². The average molecular weight is 888 g/mol. The molecular weight excluding hydrogens is 842 g/mol. The molecule has 4 aliphatic heterocycles. The van der Waals surface area contributed by atoms with E-state index in [1.54, 1.807) is 16.7 Å². The third-order valence-electron chi connectivity index (χ3n) is 10.2. The number of amidine groups is 1. The van der Waals surface area contributed by atoms with Gasteiger partial charge < -0.3 is 15.2 Å². The lowest BCUT2D eigenvalue weighted by atomic mass is 9.80. The monoisotopic (exact) mass is 885 g/mol. The van der Waals surface area contributed by atoms with E-state index in [-0.39, 0.29) is 30.0 Å². The Hall–Kier alpha value is -4.13. The third-order valence-corrected chi connectivity index (χ3v) is 12.4. The fourth-order valence-corrected chi connectivity index (χ4v) is 9.36. The van der Waals surface area contributed by atoms with Gasteiger partial charge in [-0.1, -0.05) is 125 Å². The van der Waals surface area contributed by atoms with E-state index in [4.69, 9.17) is 20.2 Å².